The number of carbonyl (C=O) groups is 1. The van der Waals surface area contributed by atoms with Crippen LogP contribution in [0.15, 0.2) is 23.8 Å². The molecule has 3 nitrogen and oxygen atoms in total. The van der Waals surface area contributed by atoms with Crippen molar-refractivity contribution in [1.29, 1.82) is 0 Å². The van der Waals surface area contributed by atoms with Gasteiger partial charge < -0.3 is 4.74 Å². The number of thioether (sulfide) groups is 1. The predicted molar refractivity (Wildman–Crippen MR) is 70.4 cm³/mol. The van der Waals surface area contributed by atoms with Gasteiger partial charge in [0.25, 0.3) is 0 Å². The summed E-state index contributed by atoms with van der Waals surface area (Å²) in [5.41, 5.74) is -0.482. The quantitative estimate of drug-likeness (QED) is 0.706. The summed E-state index contributed by atoms with van der Waals surface area (Å²) in [6.07, 6.45) is 5.32. The first kappa shape index (κ1) is 15.1. The van der Waals surface area contributed by atoms with Crippen molar-refractivity contribution in [2.75, 3.05) is 12.8 Å². The maximum Gasteiger partial charge on any atom is 0.415 e. The Labute approximate surface area is 103 Å². The summed E-state index contributed by atoms with van der Waals surface area (Å²) in [6, 6.07) is 0. The zero-order chi connectivity index (χ0) is 12.8. The van der Waals surface area contributed by atoms with E-state index in [1.807, 2.05) is 46.1 Å². The first-order valence-corrected chi connectivity index (χ1v) is 6.39. The van der Waals surface area contributed by atoms with E-state index in [4.69, 9.17) is 4.74 Å². The molecular formula is C12H21NO2S. The number of amides is 1. The van der Waals surface area contributed by atoms with Crippen LogP contribution in [-0.2, 0) is 4.74 Å². The number of allylic oxidation sites excluding steroid dienone is 1. The minimum Gasteiger partial charge on any atom is -0.443 e. The molecule has 0 aromatic carbocycles. The standard InChI is InChI=1S/C12H21NO2S/c1-7-8-9-13(10(2)16-6)11(14)15-12(3,4)5/h7-8H,2,9H2,1,3-6H3/b8-7+. The number of ether oxygens (including phenoxy) is 1. The molecule has 0 spiro atoms. The van der Waals surface area contributed by atoms with Crippen LogP contribution in [0.25, 0.3) is 0 Å². The lowest BCUT2D eigenvalue weighted by Gasteiger charge is -2.27. The molecule has 16 heavy (non-hydrogen) atoms. The molecule has 1 amide bonds. The van der Waals surface area contributed by atoms with Gasteiger partial charge in [0.2, 0.25) is 0 Å². The van der Waals surface area contributed by atoms with Crippen molar-refractivity contribution in [2.24, 2.45) is 0 Å². The SMILES string of the molecule is C=C(SC)N(C/C=C/C)C(=O)OC(C)(C)C. The molecule has 0 saturated carbocycles. The number of hydrogen-bond acceptors (Lipinski definition) is 3. The molecule has 0 aromatic heterocycles. The summed E-state index contributed by atoms with van der Waals surface area (Å²) in [5, 5.41) is 0.687. The van der Waals surface area contributed by atoms with E-state index in [-0.39, 0.29) is 6.09 Å². The summed E-state index contributed by atoms with van der Waals surface area (Å²) in [4.78, 5) is 13.4. The molecule has 0 N–H and O–H groups in total. The van der Waals surface area contributed by atoms with Crippen LogP contribution in [0.4, 0.5) is 4.79 Å². The predicted octanol–water partition coefficient (Wildman–Crippen LogP) is 3.63. The Morgan fingerprint density at radius 2 is 2.06 bits per heavy atom. The van der Waals surface area contributed by atoms with Crippen LogP contribution < -0.4 is 0 Å². The van der Waals surface area contributed by atoms with Crippen molar-refractivity contribution < 1.29 is 9.53 Å². The maximum absolute atomic E-state index is 11.9. The normalized spacial score (nSPS) is 11.6. The van der Waals surface area contributed by atoms with Crippen molar-refractivity contribution in [3.63, 3.8) is 0 Å². The minimum atomic E-state index is -0.482. The number of rotatable bonds is 4. The van der Waals surface area contributed by atoms with Gasteiger partial charge in [-0.15, -0.1) is 11.8 Å². The van der Waals surface area contributed by atoms with Crippen LogP contribution in [0.1, 0.15) is 27.7 Å². The van der Waals surface area contributed by atoms with E-state index < -0.39 is 5.60 Å². The minimum absolute atomic E-state index is 0.357. The molecule has 0 aliphatic heterocycles. The molecule has 0 aliphatic carbocycles. The van der Waals surface area contributed by atoms with E-state index in [9.17, 15) is 4.79 Å². The Bertz CT molecular complexity index is 279. The van der Waals surface area contributed by atoms with Crippen LogP contribution >= 0.6 is 11.8 Å². The largest absolute Gasteiger partial charge is 0.443 e. The highest BCUT2D eigenvalue weighted by Gasteiger charge is 2.22. The average Bonchev–Trinajstić information content (AvgIpc) is 2.15. The molecule has 0 aliphatic rings. The third kappa shape index (κ3) is 5.85. The van der Waals surface area contributed by atoms with Gasteiger partial charge in [-0.2, -0.15) is 0 Å². The lowest BCUT2D eigenvalue weighted by molar-refractivity contribution is 0.0346. The van der Waals surface area contributed by atoms with E-state index in [1.54, 1.807) is 0 Å². The highest BCUT2D eigenvalue weighted by Crippen LogP contribution is 2.18. The molecule has 0 unspecified atom stereocenters. The van der Waals surface area contributed by atoms with E-state index >= 15 is 0 Å². The number of hydrogen-bond donors (Lipinski definition) is 0. The second-order valence-electron chi connectivity index (χ2n) is 4.26. The van der Waals surface area contributed by atoms with Gasteiger partial charge in [0.1, 0.15) is 5.60 Å². The molecule has 0 rings (SSSR count). The zero-order valence-corrected chi connectivity index (χ0v) is 11.6. The Hall–Kier alpha value is -0.900. The van der Waals surface area contributed by atoms with E-state index in [0.29, 0.717) is 11.6 Å². The van der Waals surface area contributed by atoms with Crippen molar-refractivity contribution >= 4 is 17.9 Å². The van der Waals surface area contributed by atoms with Gasteiger partial charge in [0.05, 0.1) is 5.03 Å². The fraction of sp³-hybridized carbons (Fsp3) is 0.583. The third-order valence-electron chi connectivity index (χ3n) is 1.67. The summed E-state index contributed by atoms with van der Waals surface area (Å²) < 4.78 is 5.30. The molecule has 0 bridgehead atoms. The molecule has 0 atom stereocenters. The van der Waals surface area contributed by atoms with E-state index in [1.165, 1.54) is 16.7 Å². The van der Waals surface area contributed by atoms with E-state index in [2.05, 4.69) is 6.58 Å². The van der Waals surface area contributed by atoms with Crippen LogP contribution in [0.3, 0.4) is 0 Å². The smallest absolute Gasteiger partial charge is 0.415 e. The number of nitrogens with zero attached hydrogens (tertiary/aromatic N) is 1. The third-order valence-corrected chi connectivity index (χ3v) is 2.37. The second-order valence-corrected chi connectivity index (χ2v) is 5.14. The van der Waals surface area contributed by atoms with Gasteiger partial charge in [0.15, 0.2) is 0 Å². The molecule has 0 radical (unpaired) electrons. The summed E-state index contributed by atoms with van der Waals surface area (Å²) in [6.45, 7) is 11.8. The first-order valence-electron chi connectivity index (χ1n) is 5.16. The zero-order valence-electron chi connectivity index (χ0n) is 10.7. The Balaban J connectivity index is 4.63. The van der Waals surface area contributed by atoms with Gasteiger partial charge >= 0.3 is 6.09 Å². The Morgan fingerprint density at radius 3 is 2.44 bits per heavy atom. The van der Waals surface area contributed by atoms with Gasteiger partial charge in [0, 0.05) is 6.54 Å². The molecule has 0 fully saturated rings. The molecule has 92 valence electrons. The fourth-order valence-electron chi connectivity index (χ4n) is 0.916. The molecule has 4 heteroatoms. The first-order chi connectivity index (χ1) is 7.31. The molecule has 0 aromatic rings. The summed E-state index contributed by atoms with van der Waals surface area (Å²) in [7, 11) is 0. The van der Waals surface area contributed by atoms with Gasteiger partial charge in [-0.25, -0.2) is 4.79 Å². The average molecular weight is 243 g/mol. The summed E-state index contributed by atoms with van der Waals surface area (Å²) in [5.74, 6) is 0. The maximum atomic E-state index is 11.9. The van der Waals surface area contributed by atoms with Crippen LogP contribution in [0.5, 0.6) is 0 Å². The van der Waals surface area contributed by atoms with Crippen LogP contribution in [0, 0.1) is 0 Å². The van der Waals surface area contributed by atoms with Crippen LogP contribution in [-0.4, -0.2) is 29.4 Å². The van der Waals surface area contributed by atoms with Crippen molar-refractivity contribution in [3.8, 4) is 0 Å². The van der Waals surface area contributed by atoms with E-state index in [0.717, 1.165) is 0 Å². The Kier molecular flexibility index (Phi) is 6.26. The highest BCUT2D eigenvalue weighted by molar-refractivity contribution is 8.02. The lowest BCUT2D eigenvalue weighted by atomic mass is 10.2. The number of carbonyl (C=O) groups excluding carboxylic acids is 1. The molecule has 0 saturated heterocycles. The van der Waals surface area contributed by atoms with Gasteiger partial charge in [-0.3, -0.25) is 4.90 Å². The fourth-order valence-corrected chi connectivity index (χ4v) is 1.29. The lowest BCUT2D eigenvalue weighted by Crippen LogP contribution is -2.35. The topological polar surface area (TPSA) is 29.5 Å². The van der Waals surface area contributed by atoms with Crippen molar-refractivity contribution in [2.45, 2.75) is 33.3 Å². The molecular weight excluding hydrogens is 222 g/mol. The van der Waals surface area contributed by atoms with Crippen LogP contribution in [0.2, 0.25) is 0 Å². The van der Waals surface area contributed by atoms with Crippen molar-refractivity contribution in [1.82, 2.24) is 4.90 Å². The Morgan fingerprint density at radius 1 is 1.50 bits per heavy atom. The monoisotopic (exact) mass is 243 g/mol. The summed E-state index contributed by atoms with van der Waals surface area (Å²) >= 11 is 1.43. The van der Waals surface area contributed by atoms with Gasteiger partial charge in [-0.05, 0) is 34.0 Å². The highest BCUT2D eigenvalue weighted by atomic mass is 32.2. The molecule has 0 heterocycles. The van der Waals surface area contributed by atoms with Crippen molar-refractivity contribution in [3.05, 3.63) is 23.8 Å². The second kappa shape index (κ2) is 6.63. The van der Waals surface area contributed by atoms with Gasteiger partial charge in [-0.1, -0.05) is 18.7 Å².